The lowest BCUT2D eigenvalue weighted by Crippen LogP contribution is -2.37. The second-order valence-electron chi connectivity index (χ2n) is 7.01. The van der Waals surface area contributed by atoms with E-state index >= 15 is 0 Å². The first kappa shape index (κ1) is 24.8. The standard InChI is InChI=1S/C22H18Cl4N2O3S/c1-14-2-4-15(5-3-14)12-28(32(30,31)17-8-6-16(23)7-9-17)13-22(29)27-21-11-19(25)18(24)10-20(21)26/h2-11H,12-13H2,1H3,(H,27,29). The van der Waals surface area contributed by atoms with E-state index in [0.29, 0.717) is 5.02 Å². The first-order chi connectivity index (χ1) is 15.1. The van der Waals surface area contributed by atoms with Gasteiger partial charge in [0.25, 0.3) is 0 Å². The number of benzene rings is 3. The summed E-state index contributed by atoms with van der Waals surface area (Å²) < 4.78 is 27.7. The fourth-order valence-electron chi connectivity index (χ4n) is 2.85. The first-order valence-electron chi connectivity index (χ1n) is 9.32. The molecule has 0 radical (unpaired) electrons. The molecule has 168 valence electrons. The van der Waals surface area contributed by atoms with Crippen LogP contribution in [0.15, 0.2) is 65.6 Å². The SMILES string of the molecule is Cc1ccc(CN(CC(=O)Nc2cc(Cl)c(Cl)cc2Cl)S(=O)(=O)c2ccc(Cl)cc2)cc1. The number of aryl methyl sites for hydroxylation is 1. The summed E-state index contributed by atoms with van der Waals surface area (Å²) in [5, 5.41) is 3.62. The lowest BCUT2D eigenvalue weighted by atomic mass is 10.1. The number of hydrogen-bond donors (Lipinski definition) is 1. The summed E-state index contributed by atoms with van der Waals surface area (Å²) in [4.78, 5) is 12.8. The minimum Gasteiger partial charge on any atom is -0.324 e. The molecule has 1 amide bonds. The molecule has 0 unspecified atom stereocenters. The van der Waals surface area contributed by atoms with Gasteiger partial charge in [0.05, 0.1) is 32.2 Å². The van der Waals surface area contributed by atoms with Gasteiger partial charge in [0, 0.05) is 11.6 Å². The van der Waals surface area contributed by atoms with Crippen molar-refractivity contribution in [2.24, 2.45) is 0 Å². The van der Waals surface area contributed by atoms with Crippen molar-refractivity contribution in [3.8, 4) is 0 Å². The van der Waals surface area contributed by atoms with Crippen LogP contribution in [0.3, 0.4) is 0 Å². The van der Waals surface area contributed by atoms with Gasteiger partial charge in [0.1, 0.15) is 0 Å². The molecule has 0 atom stereocenters. The summed E-state index contributed by atoms with van der Waals surface area (Å²) >= 11 is 23.9. The van der Waals surface area contributed by atoms with Gasteiger partial charge in [-0.05, 0) is 48.9 Å². The molecule has 0 bridgehead atoms. The van der Waals surface area contributed by atoms with Crippen molar-refractivity contribution in [1.29, 1.82) is 0 Å². The molecule has 0 heterocycles. The molecular weight excluding hydrogens is 514 g/mol. The zero-order valence-electron chi connectivity index (χ0n) is 16.8. The Balaban J connectivity index is 1.89. The molecule has 0 aliphatic carbocycles. The Kier molecular flexibility index (Phi) is 8.09. The van der Waals surface area contributed by atoms with Gasteiger partial charge in [-0.1, -0.05) is 76.2 Å². The molecule has 3 aromatic carbocycles. The molecule has 1 N–H and O–H groups in total. The number of nitrogens with one attached hydrogen (secondary N) is 1. The summed E-state index contributed by atoms with van der Waals surface area (Å²) in [5.74, 6) is -0.588. The average Bonchev–Trinajstić information content (AvgIpc) is 2.73. The van der Waals surface area contributed by atoms with Crippen molar-refractivity contribution in [1.82, 2.24) is 4.31 Å². The highest BCUT2D eigenvalue weighted by molar-refractivity contribution is 7.89. The Morgan fingerprint density at radius 2 is 1.47 bits per heavy atom. The van der Waals surface area contributed by atoms with Crippen LogP contribution in [0, 0.1) is 6.92 Å². The van der Waals surface area contributed by atoms with Gasteiger partial charge in [0.2, 0.25) is 15.9 Å². The lowest BCUT2D eigenvalue weighted by molar-refractivity contribution is -0.116. The van der Waals surface area contributed by atoms with Crippen molar-refractivity contribution in [3.63, 3.8) is 0 Å². The summed E-state index contributed by atoms with van der Waals surface area (Å²) in [5.41, 5.74) is 1.99. The molecule has 10 heteroatoms. The van der Waals surface area contributed by atoms with Crippen molar-refractivity contribution in [2.75, 3.05) is 11.9 Å². The number of hydrogen-bond acceptors (Lipinski definition) is 3. The number of anilines is 1. The number of carbonyl (C=O) groups is 1. The maximum Gasteiger partial charge on any atom is 0.243 e. The van der Waals surface area contributed by atoms with Crippen LogP contribution in [0.4, 0.5) is 5.69 Å². The summed E-state index contributed by atoms with van der Waals surface area (Å²) in [7, 11) is -4.00. The Morgan fingerprint density at radius 1 is 0.875 bits per heavy atom. The molecule has 3 aromatic rings. The van der Waals surface area contributed by atoms with Crippen molar-refractivity contribution in [2.45, 2.75) is 18.4 Å². The van der Waals surface area contributed by atoms with Gasteiger partial charge in [0.15, 0.2) is 0 Å². The van der Waals surface area contributed by atoms with Gasteiger partial charge in [-0.15, -0.1) is 0 Å². The quantitative estimate of drug-likeness (QED) is 0.357. The first-order valence-corrected chi connectivity index (χ1v) is 12.3. The number of halogens is 4. The Morgan fingerprint density at radius 3 is 2.09 bits per heavy atom. The van der Waals surface area contributed by atoms with Crippen LogP contribution in [0.25, 0.3) is 0 Å². The number of amides is 1. The smallest absolute Gasteiger partial charge is 0.243 e. The number of carbonyl (C=O) groups excluding carboxylic acids is 1. The van der Waals surface area contributed by atoms with Crippen LogP contribution < -0.4 is 5.32 Å². The third-order valence-electron chi connectivity index (χ3n) is 4.53. The molecule has 0 saturated carbocycles. The normalized spacial score (nSPS) is 11.6. The third kappa shape index (κ3) is 6.16. The van der Waals surface area contributed by atoms with Gasteiger partial charge < -0.3 is 5.32 Å². The predicted octanol–water partition coefficient (Wildman–Crippen LogP) is 6.44. The highest BCUT2D eigenvalue weighted by Crippen LogP contribution is 2.32. The van der Waals surface area contributed by atoms with E-state index in [1.807, 2.05) is 31.2 Å². The highest BCUT2D eigenvalue weighted by atomic mass is 35.5. The van der Waals surface area contributed by atoms with Crippen LogP contribution >= 0.6 is 46.4 Å². The van der Waals surface area contributed by atoms with Crippen LogP contribution in [-0.2, 0) is 21.4 Å². The van der Waals surface area contributed by atoms with Crippen LogP contribution in [0.1, 0.15) is 11.1 Å². The van der Waals surface area contributed by atoms with E-state index in [4.69, 9.17) is 46.4 Å². The molecule has 0 aromatic heterocycles. The predicted molar refractivity (Wildman–Crippen MR) is 130 cm³/mol. The minimum atomic E-state index is -4.00. The van der Waals surface area contributed by atoms with E-state index in [1.54, 1.807) is 0 Å². The molecule has 5 nitrogen and oxygen atoms in total. The molecule has 0 fully saturated rings. The van der Waals surface area contributed by atoms with Gasteiger partial charge >= 0.3 is 0 Å². The maximum absolute atomic E-state index is 13.3. The minimum absolute atomic E-state index is 0.00618. The molecule has 0 aliphatic heterocycles. The number of sulfonamides is 1. The average molecular weight is 532 g/mol. The van der Waals surface area contributed by atoms with E-state index < -0.39 is 22.5 Å². The van der Waals surface area contributed by atoms with E-state index in [9.17, 15) is 13.2 Å². The Bertz CT molecular complexity index is 1230. The topological polar surface area (TPSA) is 66.5 Å². The van der Waals surface area contributed by atoms with Crippen LogP contribution in [-0.4, -0.2) is 25.2 Å². The zero-order chi connectivity index (χ0) is 23.5. The Hall–Kier alpha value is -1.80. The molecule has 3 rings (SSSR count). The molecule has 0 aliphatic rings. The van der Waals surface area contributed by atoms with Gasteiger partial charge in [-0.3, -0.25) is 4.79 Å². The maximum atomic E-state index is 13.3. The fraction of sp³-hybridized carbons (Fsp3) is 0.136. The molecular formula is C22H18Cl4N2O3S. The summed E-state index contributed by atoms with van der Waals surface area (Å²) in [6, 6.07) is 15.9. The molecule has 0 spiro atoms. The van der Waals surface area contributed by atoms with Gasteiger partial charge in [-0.2, -0.15) is 4.31 Å². The van der Waals surface area contributed by atoms with E-state index in [-0.39, 0.29) is 32.2 Å². The number of nitrogens with zero attached hydrogens (tertiary/aromatic N) is 1. The largest absolute Gasteiger partial charge is 0.324 e. The van der Waals surface area contributed by atoms with Crippen molar-refractivity contribution >= 4 is 68.0 Å². The van der Waals surface area contributed by atoms with Crippen LogP contribution in [0.2, 0.25) is 20.1 Å². The zero-order valence-corrected chi connectivity index (χ0v) is 20.6. The van der Waals surface area contributed by atoms with E-state index in [0.717, 1.165) is 15.4 Å². The van der Waals surface area contributed by atoms with E-state index in [2.05, 4.69) is 5.32 Å². The van der Waals surface area contributed by atoms with Crippen molar-refractivity contribution in [3.05, 3.63) is 91.9 Å². The monoisotopic (exact) mass is 530 g/mol. The number of rotatable bonds is 7. The lowest BCUT2D eigenvalue weighted by Gasteiger charge is -2.22. The summed E-state index contributed by atoms with van der Waals surface area (Å²) in [6.45, 7) is 1.48. The van der Waals surface area contributed by atoms with Crippen LogP contribution in [0.5, 0.6) is 0 Å². The fourth-order valence-corrected chi connectivity index (χ4v) is 4.95. The second kappa shape index (κ2) is 10.4. The Labute approximate surface area is 206 Å². The van der Waals surface area contributed by atoms with Gasteiger partial charge in [-0.25, -0.2) is 8.42 Å². The summed E-state index contributed by atoms with van der Waals surface area (Å²) in [6.07, 6.45) is 0. The second-order valence-corrected chi connectivity index (χ2v) is 10.6. The third-order valence-corrected chi connectivity index (χ3v) is 7.63. The molecule has 0 saturated heterocycles. The van der Waals surface area contributed by atoms with E-state index in [1.165, 1.54) is 36.4 Å². The molecule has 32 heavy (non-hydrogen) atoms. The van der Waals surface area contributed by atoms with Crippen molar-refractivity contribution < 1.29 is 13.2 Å². The highest BCUT2D eigenvalue weighted by Gasteiger charge is 2.27.